The zero-order chi connectivity index (χ0) is 23.7. The Kier molecular flexibility index (Phi) is 5.65. The van der Waals surface area contributed by atoms with Crippen molar-refractivity contribution in [3.8, 4) is 11.5 Å². The zero-order valence-electron chi connectivity index (χ0n) is 19.5. The van der Waals surface area contributed by atoms with E-state index < -0.39 is 0 Å². The minimum Gasteiger partial charge on any atom is -0.488 e. The monoisotopic (exact) mass is 457 g/mol. The fraction of sp³-hybridized carbons (Fsp3) is 0.308. The molecule has 3 aromatic carbocycles. The molecule has 1 aromatic heterocycles. The van der Waals surface area contributed by atoms with Crippen molar-refractivity contribution in [3.63, 3.8) is 0 Å². The normalized spacial score (nSPS) is 14.3. The number of carbonyl (C=O) groups excluding carboxylic acids is 1. The first-order valence-electron chi connectivity index (χ1n) is 11.3. The third-order valence-corrected chi connectivity index (χ3v) is 6.21. The van der Waals surface area contributed by atoms with E-state index in [0.717, 1.165) is 46.2 Å². The number of tetrazole rings is 1. The maximum absolute atomic E-state index is 11.8. The number of hydrogen-bond acceptors (Lipinski definition) is 6. The molecule has 0 saturated heterocycles. The van der Waals surface area contributed by atoms with E-state index in [9.17, 15) is 4.79 Å². The van der Waals surface area contributed by atoms with E-state index in [-0.39, 0.29) is 11.5 Å². The maximum Gasteiger partial charge on any atom is 0.251 e. The van der Waals surface area contributed by atoms with Crippen LogP contribution in [0.1, 0.15) is 47.3 Å². The maximum atomic E-state index is 11.8. The summed E-state index contributed by atoms with van der Waals surface area (Å²) in [6.07, 6.45) is 3.49. The average molecular weight is 458 g/mol. The van der Waals surface area contributed by atoms with Crippen LogP contribution in [-0.4, -0.2) is 38.8 Å². The molecule has 0 unspecified atom stereocenters. The van der Waals surface area contributed by atoms with E-state index in [0.29, 0.717) is 18.7 Å². The van der Waals surface area contributed by atoms with Gasteiger partial charge in [0.05, 0.1) is 6.54 Å². The minimum absolute atomic E-state index is 0.107. The van der Waals surface area contributed by atoms with Crippen molar-refractivity contribution in [1.29, 1.82) is 0 Å². The van der Waals surface area contributed by atoms with Crippen LogP contribution < -0.4 is 14.8 Å². The summed E-state index contributed by atoms with van der Waals surface area (Å²) in [7, 11) is 1.62. The first kappa shape index (κ1) is 21.9. The molecule has 8 heteroatoms. The molecule has 0 fully saturated rings. The Labute approximate surface area is 197 Å². The molecule has 0 bridgehead atoms. The van der Waals surface area contributed by atoms with Gasteiger partial charge in [0, 0.05) is 28.9 Å². The van der Waals surface area contributed by atoms with Crippen LogP contribution in [0, 0.1) is 0 Å². The van der Waals surface area contributed by atoms with Crippen LogP contribution in [0.15, 0.2) is 54.9 Å². The first-order valence-corrected chi connectivity index (χ1v) is 11.3. The van der Waals surface area contributed by atoms with E-state index in [1.165, 1.54) is 5.56 Å². The molecular weight excluding hydrogens is 430 g/mol. The van der Waals surface area contributed by atoms with Crippen LogP contribution in [0.4, 0.5) is 0 Å². The lowest BCUT2D eigenvalue weighted by atomic mass is 9.88. The van der Waals surface area contributed by atoms with Crippen molar-refractivity contribution in [1.82, 2.24) is 25.5 Å². The predicted molar refractivity (Wildman–Crippen MR) is 128 cm³/mol. The summed E-state index contributed by atoms with van der Waals surface area (Å²) < 4.78 is 14.5. The number of ether oxygens (including phenoxy) is 2. The molecule has 0 spiro atoms. The number of amides is 1. The van der Waals surface area contributed by atoms with Gasteiger partial charge >= 0.3 is 0 Å². The van der Waals surface area contributed by atoms with Crippen LogP contribution in [0.3, 0.4) is 0 Å². The fourth-order valence-corrected chi connectivity index (χ4v) is 4.36. The topological polar surface area (TPSA) is 91.2 Å². The van der Waals surface area contributed by atoms with Crippen LogP contribution in [0.2, 0.25) is 0 Å². The lowest BCUT2D eigenvalue weighted by Gasteiger charge is -2.34. The molecule has 8 nitrogen and oxygen atoms in total. The van der Waals surface area contributed by atoms with Gasteiger partial charge in [-0.15, -0.1) is 5.10 Å². The molecule has 174 valence electrons. The van der Waals surface area contributed by atoms with Crippen LogP contribution in [-0.2, 0) is 19.6 Å². The van der Waals surface area contributed by atoms with E-state index in [1.54, 1.807) is 30.2 Å². The third-order valence-electron chi connectivity index (χ3n) is 6.21. The lowest BCUT2D eigenvalue weighted by molar-refractivity contribution is 0.0864. The number of carbonyl (C=O) groups is 1. The standard InChI is InChI=1S/C26H27N5O3/c1-26(2)12-11-20-19(14-31-16-28-29-30-31)13-22-21(24(20)34-26)5-4-6-23(22)33-15-17-7-9-18(10-8-17)25(32)27-3/h4-10,13,16H,11-12,14-15H2,1-3H3,(H,27,32). The van der Waals surface area contributed by atoms with Gasteiger partial charge in [-0.3, -0.25) is 4.79 Å². The Hall–Kier alpha value is -3.94. The number of nitrogens with zero attached hydrogens (tertiary/aromatic N) is 4. The summed E-state index contributed by atoms with van der Waals surface area (Å²) in [5, 5.41) is 16.3. The number of rotatable bonds is 6. The van der Waals surface area contributed by atoms with E-state index >= 15 is 0 Å². The van der Waals surface area contributed by atoms with Crippen molar-refractivity contribution in [2.24, 2.45) is 0 Å². The molecule has 0 radical (unpaired) electrons. The highest BCUT2D eigenvalue weighted by molar-refractivity contribution is 5.95. The SMILES string of the molecule is CNC(=O)c1ccc(COc2cccc3c4c(c(Cn5cnnn5)cc23)CCC(C)(C)O4)cc1. The van der Waals surface area contributed by atoms with Gasteiger partial charge in [0.25, 0.3) is 5.91 Å². The van der Waals surface area contributed by atoms with Crippen molar-refractivity contribution >= 4 is 16.7 Å². The summed E-state index contributed by atoms with van der Waals surface area (Å²) in [5.41, 5.74) is 3.68. The first-order chi connectivity index (χ1) is 16.4. The van der Waals surface area contributed by atoms with Crippen molar-refractivity contribution in [2.75, 3.05) is 7.05 Å². The molecular formula is C26H27N5O3. The molecule has 4 aromatic rings. The third kappa shape index (κ3) is 4.31. The average Bonchev–Trinajstić information content (AvgIpc) is 3.35. The van der Waals surface area contributed by atoms with Gasteiger partial charge in [0.15, 0.2) is 0 Å². The second kappa shape index (κ2) is 8.78. The molecule has 1 aliphatic heterocycles. The van der Waals surface area contributed by atoms with Gasteiger partial charge in [-0.1, -0.05) is 24.3 Å². The van der Waals surface area contributed by atoms with E-state index in [4.69, 9.17) is 9.47 Å². The van der Waals surface area contributed by atoms with Crippen molar-refractivity contribution in [2.45, 2.75) is 45.4 Å². The highest BCUT2D eigenvalue weighted by Crippen LogP contribution is 2.43. The van der Waals surface area contributed by atoms with Crippen LogP contribution in [0.5, 0.6) is 11.5 Å². The number of fused-ring (bicyclic) bond motifs is 3. The van der Waals surface area contributed by atoms with Crippen LogP contribution in [0.25, 0.3) is 10.8 Å². The summed E-state index contributed by atoms with van der Waals surface area (Å²) in [6, 6.07) is 15.6. The number of hydrogen-bond donors (Lipinski definition) is 1. The summed E-state index contributed by atoms with van der Waals surface area (Å²) >= 11 is 0. The molecule has 1 aliphatic rings. The smallest absolute Gasteiger partial charge is 0.251 e. The zero-order valence-corrected chi connectivity index (χ0v) is 19.5. The molecule has 0 atom stereocenters. The highest BCUT2D eigenvalue weighted by atomic mass is 16.5. The number of benzene rings is 3. The van der Waals surface area contributed by atoms with Gasteiger partial charge in [-0.25, -0.2) is 4.68 Å². The summed E-state index contributed by atoms with van der Waals surface area (Å²) in [5.74, 6) is 1.59. The molecule has 1 N–H and O–H groups in total. The second-order valence-electron chi connectivity index (χ2n) is 9.13. The highest BCUT2D eigenvalue weighted by Gasteiger charge is 2.30. The predicted octanol–water partition coefficient (Wildman–Crippen LogP) is 3.92. The molecule has 2 heterocycles. The summed E-state index contributed by atoms with van der Waals surface area (Å²) in [6.45, 7) is 5.19. The molecule has 5 rings (SSSR count). The largest absolute Gasteiger partial charge is 0.488 e. The Morgan fingerprint density at radius 1 is 1.18 bits per heavy atom. The Morgan fingerprint density at radius 2 is 2.00 bits per heavy atom. The fourth-order valence-electron chi connectivity index (χ4n) is 4.36. The van der Waals surface area contributed by atoms with Gasteiger partial charge < -0.3 is 14.8 Å². The Morgan fingerprint density at radius 3 is 2.74 bits per heavy atom. The van der Waals surface area contributed by atoms with Gasteiger partial charge in [-0.2, -0.15) is 0 Å². The Balaban J connectivity index is 1.51. The second-order valence-corrected chi connectivity index (χ2v) is 9.13. The minimum atomic E-state index is -0.239. The van der Waals surface area contributed by atoms with E-state index in [2.05, 4.69) is 46.8 Å². The van der Waals surface area contributed by atoms with Crippen molar-refractivity contribution in [3.05, 3.63) is 77.1 Å². The molecule has 0 saturated carbocycles. The van der Waals surface area contributed by atoms with Gasteiger partial charge in [0.1, 0.15) is 30.0 Å². The molecule has 34 heavy (non-hydrogen) atoms. The molecule has 0 aliphatic carbocycles. The Bertz CT molecular complexity index is 1330. The quantitative estimate of drug-likeness (QED) is 0.472. The van der Waals surface area contributed by atoms with Crippen LogP contribution >= 0.6 is 0 Å². The molecule has 1 amide bonds. The van der Waals surface area contributed by atoms with Gasteiger partial charge in [0.2, 0.25) is 0 Å². The number of aromatic nitrogens is 4. The van der Waals surface area contributed by atoms with Crippen molar-refractivity contribution < 1.29 is 14.3 Å². The van der Waals surface area contributed by atoms with Gasteiger partial charge in [-0.05, 0) is 72.5 Å². The summed E-state index contributed by atoms with van der Waals surface area (Å²) in [4.78, 5) is 11.8. The lowest BCUT2D eigenvalue weighted by Crippen LogP contribution is -2.33. The van der Waals surface area contributed by atoms with E-state index in [1.807, 2.05) is 24.3 Å². The number of nitrogens with one attached hydrogen (secondary N) is 1.